The Morgan fingerprint density at radius 2 is 2.00 bits per heavy atom. The van der Waals surface area contributed by atoms with Gasteiger partial charge in [0.1, 0.15) is 11.0 Å². The van der Waals surface area contributed by atoms with Gasteiger partial charge in [0.05, 0.1) is 0 Å². The van der Waals surface area contributed by atoms with Crippen molar-refractivity contribution in [2.75, 3.05) is 17.3 Å². The number of carbonyl (C=O) groups excluding carboxylic acids is 2. The highest BCUT2D eigenvalue weighted by molar-refractivity contribution is 7.98. The van der Waals surface area contributed by atoms with Gasteiger partial charge in [-0.2, -0.15) is 11.8 Å². The molecule has 0 fully saturated rings. The molecule has 0 saturated carbocycles. The summed E-state index contributed by atoms with van der Waals surface area (Å²) in [6, 6.07) is 5.87. The van der Waals surface area contributed by atoms with Gasteiger partial charge in [-0.3, -0.25) is 14.9 Å². The Labute approximate surface area is 153 Å². The fourth-order valence-corrected chi connectivity index (χ4v) is 3.08. The van der Waals surface area contributed by atoms with Gasteiger partial charge in [0.25, 0.3) is 5.91 Å². The number of aryl methyl sites for hydroxylation is 1. The monoisotopic (exact) mass is 384 g/mol. The van der Waals surface area contributed by atoms with Gasteiger partial charge in [0.2, 0.25) is 11.0 Å². The third-order valence-corrected chi connectivity index (χ3v) is 4.75. The SMILES string of the molecule is CSCCC(NC(=O)c1ccc(Cl)cc1)C(=O)Nc1nnc(C)s1. The van der Waals surface area contributed by atoms with E-state index >= 15 is 0 Å². The quantitative estimate of drug-likeness (QED) is 0.766. The number of hydrogen-bond acceptors (Lipinski definition) is 6. The van der Waals surface area contributed by atoms with Gasteiger partial charge in [0.15, 0.2) is 0 Å². The van der Waals surface area contributed by atoms with Gasteiger partial charge in [0, 0.05) is 10.6 Å². The smallest absolute Gasteiger partial charge is 0.251 e. The summed E-state index contributed by atoms with van der Waals surface area (Å²) in [5.41, 5.74) is 0.452. The minimum atomic E-state index is -0.648. The first kappa shape index (κ1) is 18.7. The van der Waals surface area contributed by atoms with Crippen LogP contribution in [0.5, 0.6) is 0 Å². The van der Waals surface area contributed by atoms with Gasteiger partial charge < -0.3 is 5.32 Å². The minimum Gasteiger partial charge on any atom is -0.340 e. The Balaban J connectivity index is 2.04. The second-order valence-corrected chi connectivity index (χ2v) is 7.53. The maximum absolute atomic E-state index is 12.4. The van der Waals surface area contributed by atoms with E-state index in [1.54, 1.807) is 43.0 Å². The molecule has 24 heavy (non-hydrogen) atoms. The van der Waals surface area contributed by atoms with E-state index in [9.17, 15) is 9.59 Å². The van der Waals surface area contributed by atoms with Crippen molar-refractivity contribution in [3.05, 3.63) is 39.9 Å². The van der Waals surface area contributed by atoms with E-state index in [4.69, 9.17) is 11.6 Å². The minimum absolute atomic E-state index is 0.303. The molecule has 1 unspecified atom stereocenters. The van der Waals surface area contributed by atoms with Crippen LogP contribution in [0.3, 0.4) is 0 Å². The molecule has 2 rings (SSSR count). The topological polar surface area (TPSA) is 84.0 Å². The molecule has 0 bridgehead atoms. The highest BCUT2D eigenvalue weighted by Gasteiger charge is 2.22. The van der Waals surface area contributed by atoms with Crippen molar-refractivity contribution in [3.63, 3.8) is 0 Å². The van der Waals surface area contributed by atoms with Gasteiger partial charge in [-0.15, -0.1) is 10.2 Å². The molecule has 2 aromatic rings. The van der Waals surface area contributed by atoms with Gasteiger partial charge >= 0.3 is 0 Å². The number of benzene rings is 1. The summed E-state index contributed by atoms with van der Waals surface area (Å²) < 4.78 is 0. The maximum atomic E-state index is 12.4. The Morgan fingerprint density at radius 1 is 1.29 bits per heavy atom. The molecule has 2 amide bonds. The van der Waals surface area contributed by atoms with Gasteiger partial charge in [-0.05, 0) is 49.6 Å². The molecule has 9 heteroatoms. The lowest BCUT2D eigenvalue weighted by Gasteiger charge is -2.17. The number of nitrogens with one attached hydrogen (secondary N) is 2. The molecule has 0 saturated heterocycles. The molecule has 1 atom stereocenters. The summed E-state index contributed by atoms with van der Waals surface area (Å²) in [7, 11) is 0. The van der Waals surface area contributed by atoms with E-state index in [1.165, 1.54) is 11.3 Å². The number of nitrogens with zero attached hydrogens (tertiary/aromatic N) is 2. The molecular formula is C15H17ClN4O2S2. The predicted molar refractivity (Wildman–Crippen MR) is 99.0 cm³/mol. The van der Waals surface area contributed by atoms with E-state index in [1.807, 2.05) is 6.26 Å². The van der Waals surface area contributed by atoms with E-state index in [0.29, 0.717) is 22.1 Å². The van der Waals surface area contributed by atoms with Crippen LogP contribution in [0.25, 0.3) is 0 Å². The van der Waals surface area contributed by atoms with E-state index in [-0.39, 0.29) is 11.8 Å². The van der Waals surface area contributed by atoms with Crippen molar-refractivity contribution in [3.8, 4) is 0 Å². The fraction of sp³-hybridized carbons (Fsp3) is 0.333. The first-order valence-electron chi connectivity index (χ1n) is 7.16. The third-order valence-electron chi connectivity index (χ3n) is 3.10. The van der Waals surface area contributed by atoms with Crippen molar-refractivity contribution >= 4 is 51.6 Å². The number of anilines is 1. The molecule has 0 aliphatic carbocycles. The summed E-state index contributed by atoms with van der Waals surface area (Å²) in [4.78, 5) is 24.8. The van der Waals surface area contributed by atoms with E-state index in [0.717, 1.165) is 10.8 Å². The number of thioether (sulfide) groups is 1. The highest BCUT2D eigenvalue weighted by Crippen LogP contribution is 2.15. The molecule has 0 spiro atoms. The first-order valence-corrected chi connectivity index (χ1v) is 9.74. The van der Waals surface area contributed by atoms with Crippen molar-refractivity contribution < 1.29 is 9.59 Å². The van der Waals surface area contributed by atoms with Crippen LogP contribution in [0.15, 0.2) is 24.3 Å². The summed E-state index contributed by atoms with van der Waals surface area (Å²) in [6.07, 6.45) is 2.47. The van der Waals surface area contributed by atoms with Crippen LogP contribution in [0.2, 0.25) is 5.02 Å². The Kier molecular flexibility index (Phi) is 7.01. The second-order valence-electron chi connectivity index (χ2n) is 4.93. The summed E-state index contributed by atoms with van der Waals surface area (Å²) >= 11 is 8.72. The van der Waals surface area contributed by atoms with Crippen molar-refractivity contribution in [2.24, 2.45) is 0 Å². The molecule has 0 aliphatic rings. The Morgan fingerprint density at radius 3 is 2.58 bits per heavy atom. The first-order chi connectivity index (χ1) is 11.5. The maximum Gasteiger partial charge on any atom is 0.251 e. The highest BCUT2D eigenvalue weighted by atomic mass is 35.5. The molecule has 0 radical (unpaired) electrons. The summed E-state index contributed by atoms with van der Waals surface area (Å²) in [5.74, 6) is 0.123. The van der Waals surface area contributed by atoms with Crippen molar-refractivity contribution in [2.45, 2.75) is 19.4 Å². The number of aromatic nitrogens is 2. The molecule has 2 N–H and O–H groups in total. The predicted octanol–water partition coefficient (Wildman–Crippen LogP) is 2.99. The number of amides is 2. The lowest BCUT2D eigenvalue weighted by atomic mass is 10.1. The fourth-order valence-electron chi connectivity index (χ4n) is 1.89. The molecule has 0 aliphatic heterocycles. The van der Waals surface area contributed by atoms with Crippen LogP contribution in [0.4, 0.5) is 5.13 Å². The van der Waals surface area contributed by atoms with Crippen LogP contribution < -0.4 is 10.6 Å². The van der Waals surface area contributed by atoms with Gasteiger partial charge in [-0.1, -0.05) is 22.9 Å². The molecule has 128 valence electrons. The normalized spacial score (nSPS) is 11.8. The van der Waals surface area contributed by atoms with Crippen LogP contribution in [0.1, 0.15) is 21.8 Å². The number of rotatable bonds is 7. The zero-order valence-electron chi connectivity index (χ0n) is 13.2. The molecular weight excluding hydrogens is 368 g/mol. The average molecular weight is 385 g/mol. The van der Waals surface area contributed by atoms with Crippen LogP contribution in [0, 0.1) is 6.92 Å². The molecule has 1 aromatic heterocycles. The number of carbonyl (C=O) groups is 2. The lowest BCUT2D eigenvalue weighted by molar-refractivity contribution is -0.118. The molecule has 1 aromatic carbocycles. The lowest BCUT2D eigenvalue weighted by Crippen LogP contribution is -2.44. The Bertz CT molecular complexity index is 706. The third kappa shape index (κ3) is 5.47. The van der Waals surface area contributed by atoms with Crippen LogP contribution >= 0.6 is 34.7 Å². The largest absolute Gasteiger partial charge is 0.340 e. The second kappa shape index (κ2) is 9.00. The zero-order valence-corrected chi connectivity index (χ0v) is 15.6. The summed E-state index contributed by atoms with van der Waals surface area (Å²) in [6.45, 7) is 1.81. The summed E-state index contributed by atoms with van der Waals surface area (Å²) in [5, 5.41) is 14.9. The zero-order chi connectivity index (χ0) is 17.5. The van der Waals surface area contributed by atoms with Crippen LogP contribution in [-0.4, -0.2) is 40.1 Å². The van der Waals surface area contributed by atoms with Gasteiger partial charge in [-0.25, -0.2) is 0 Å². The molecule has 1 heterocycles. The average Bonchev–Trinajstić information content (AvgIpc) is 2.96. The number of hydrogen-bond donors (Lipinski definition) is 2. The Hall–Kier alpha value is -1.64. The van der Waals surface area contributed by atoms with E-state index < -0.39 is 6.04 Å². The number of halogens is 1. The van der Waals surface area contributed by atoms with Crippen LogP contribution in [-0.2, 0) is 4.79 Å². The van der Waals surface area contributed by atoms with Crippen molar-refractivity contribution in [1.82, 2.24) is 15.5 Å². The molecule has 6 nitrogen and oxygen atoms in total. The van der Waals surface area contributed by atoms with E-state index in [2.05, 4.69) is 20.8 Å². The van der Waals surface area contributed by atoms with Crippen molar-refractivity contribution in [1.29, 1.82) is 0 Å². The standard InChI is InChI=1S/C15H17ClN4O2S2/c1-9-19-20-15(24-9)18-14(22)12(7-8-23-2)17-13(21)10-3-5-11(16)6-4-10/h3-6,12H,7-8H2,1-2H3,(H,17,21)(H,18,20,22).